The van der Waals surface area contributed by atoms with Gasteiger partial charge < -0.3 is 0 Å². The summed E-state index contributed by atoms with van der Waals surface area (Å²) in [6.07, 6.45) is 4.17. The Bertz CT molecular complexity index is 1010. The summed E-state index contributed by atoms with van der Waals surface area (Å²) in [5.41, 5.74) is 6.49. The summed E-state index contributed by atoms with van der Waals surface area (Å²) in [4.78, 5) is 0. The van der Waals surface area contributed by atoms with Crippen LogP contribution in [0.1, 0.15) is 11.1 Å². The molecular weight excluding hydrogens is 280 g/mol. The summed E-state index contributed by atoms with van der Waals surface area (Å²) in [6.45, 7) is 0. The van der Waals surface area contributed by atoms with Crippen molar-refractivity contribution in [1.29, 1.82) is 0 Å². The SMILES string of the molecule is c1ccc(-n2ncc3c2-c2ccc4ccccc4c2CC3)cc1. The number of hydrogen-bond donors (Lipinski definition) is 0. The summed E-state index contributed by atoms with van der Waals surface area (Å²) < 4.78 is 2.09. The van der Waals surface area contributed by atoms with E-state index in [1.165, 1.54) is 33.2 Å². The van der Waals surface area contributed by atoms with Crippen LogP contribution in [0.25, 0.3) is 27.7 Å². The molecule has 23 heavy (non-hydrogen) atoms. The minimum Gasteiger partial charge on any atom is -0.233 e. The van der Waals surface area contributed by atoms with Crippen LogP contribution in [0.4, 0.5) is 0 Å². The number of para-hydroxylation sites is 1. The zero-order chi connectivity index (χ0) is 15.2. The molecule has 0 bridgehead atoms. The molecule has 4 aromatic rings. The maximum absolute atomic E-state index is 4.66. The van der Waals surface area contributed by atoms with E-state index in [1.54, 1.807) is 0 Å². The minimum absolute atomic E-state index is 1.06. The molecule has 2 nitrogen and oxygen atoms in total. The molecule has 1 heterocycles. The Labute approximate surface area is 135 Å². The molecular formula is C21H16N2. The molecule has 2 heteroatoms. The van der Waals surface area contributed by atoms with E-state index in [2.05, 4.69) is 70.4 Å². The van der Waals surface area contributed by atoms with Crippen molar-refractivity contribution in [3.05, 3.63) is 84.1 Å². The summed E-state index contributed by atoms with van der Waals surface area (Å²) in [6, 6.07) is 23.6. The maximum atomic E-state index is 4.66. The summed E-state index contributed by atoms with van der Waals surface area (Å²) in [5, 5.41) is 7.36. The second-order valence-electron chi connectivity index (χ2n) is 6.08. The first-order chi connectivity index (χ1) is 11.4. The van der Waals surface area contributed by atoms with E-state index >= 15 is 0 Å². The zero-order valence-electron chi connectivity index (χ0n) is 12.7. The molecule has 0 fully saturated rings. The molecule has 110 valence electrons. The van der Waals surface area contributed by atoms with Gasteiger partial charge in [-0.3, -0.25) is 0 Å². The van der Waals surface area contributed by atoms with E-state index in [4.69, 9.17) is 0 Å². The fraction of sp³-hybridized carbons (Fsp3) is 0.0952. The van der Waals surface area contributed by atoms with Crippen molar-refractivity contribution in [3.8, 4) is 16.9 Å². The van der Waals surface area contributed by atoms with Gasteiger partial charge in [-0.15, -0.1) is 0 Å². The van der Waals surface area contributed by atoms with Gasteiger partial charge >= 0.3 is 0 Å². The predicted octanol–water partition coefficient (Wildman–Crippen LogP) is 4.79. The van der Waals surface area contributed by atoms with Gasteiger partial charge in [-0.1, -0.05) is 54.6 Å². The molecule has 0 aliphatic heterocycles. The van der Waals surface area contributed by atoms with Gasteiger partial charge in [-0.25, -0.2) is 4.68 Å². The normalized spacial score (nSPS) is 12.9. The largest absolute Gasteiger partial charge is 0.233 e. The molecule has 0 atom stereocenters. The lowest BCUT2D eigenvalue weighted by atomic mass is 9.86. The number of hydrogen-bond acceptors (Lipinski definition) is 1. The Morgan fingerprint density at radius 3 is 2.52 bits per heavy atom. The van der Waals surface area contributed by atoms with Crippen LogP contribution in [-0.2, 0) is 12.8 Å². The van der Waals surface area contributed by atoms with Crippen molar-refractivity contribution in [2.75, 3.05) is 0 Å². The number of aryl methyl sites for hydroxylation is 2. The van der Waals surface area contributed by atoms with Gasteiger partial charge in [0.2, 0.25) is 0 Å². The van der Waals surface area contributed by atoms with Crippen molar-refractivity contribution in [1.82, 2.24) is 9.78 Å². The van der Waals surface area contributed by atoms with Crippen LogP contribution < -0.4 is 0 Å². The van der Waals surface area contributed by atoms with Gasteiger partial charge in [0.1, 0.15) is 0 Å². The van der Waals surface area contributed by atoms with Crippen LogP contribution in [-0.4, -0.2) is 9.78 Å². The first kappa shape index (κ1) is 12.7. The monoisotopic (exact) mass is 296 g/mol. The third kappa shape index (κ3) is 1.85. The third-order valence-electron chi connectivity index (χ3n) is 4.79. The Morgan fingerprint density at radius 1 is 0.783 bits per heavy atom. The van der Waals surface area contributed by atoms with Crippen LogP contribution in [0.2, 0.25) is 0 Å². The second-order valence-corrected chi connectivity index (χ2v) is 6.08. The first-order valence-electron chi connectivity index (χ1n) is 8.05. The highest BCUT2D eigenvalue weighted by Gasteiger charge is 2.22. The number of fused-ring (bicyclic) bond motifs is 5. The highest BCUT2D eigenvalue weighted by molar-refractivity contribution is 5.92. The van der Waals surface area contributed by atoms with Gasteiger partial charge in [-0.2, -0.15) is 5.10 Å². The van der Waals surface area contributed by atoms with E-state index < -0.39 is 0 Å². The van der Waals surface area contributed by atoms with Crippen LogP contribution >= 0.6 is 0 Å². The van der Waals surface area contributed by atoms with Crippen molar-refractivity contribution in [2.45, 2.75) is 12.8 Å². The fourth-order valence-electron chi connectivity index (χ4n) is 3.70. The molecule has 1 aliphatic rings. The average Bonchev–Trinajstić information content (AvgIpc) is 3.06. The molecule has 0 N–H and O–H groups in total. The van der Waals surface area contributed by atoms with Crippen LogP contribution in [0, 0.1) is 0 Å². The Balaban J connectivity index is 1.81. The number of benzene rings is 3. The topological polar surface area (TPSA) is 17.8 Å². The summed E-state index contributed by atoms with van der Waals surface area (Å²) in [7, 11) is 0. The van der Waals surface area contributed by atoms with Crippen molar-refractivity contribution in [3.63, 3.8) is 0 Å². The smallest absolute Gasteiger partial charge is 0.0776 e. The van der Waals surface area contributed by atoms with Crippen LogP contribution in [0.3, 0.4) is 0 Å². The predicted molar refractivity (Wildman–Crippen MR) is 93.9 cm³/mol. The van der Waals surface area contributed by atoms with Crippen molar-refractivity contribution >= 4 is 10.8 Å². The molecule has 1 aliphatic carbocycles. The van der Waals surface area contributed by atoms with Gasteiger partial charge in [0, 0.05) is 5.56 Å². The first-order valence-corrected chi connectivity index (χ1v) is 8.05. The molecule has 0 unspecified atom stereocenters. The van der Waals surface area contributed by atoms with E-state index in [0.29, 0.717) is 0 Å². The highest BCUT2D eigenvalue weighted by Crippen LogP contribution is 2.38. The zero-order valence-corrected chi connectivity index (χ0v) is 12.7. The van der Waals surface area contributed by atoms with Gasteiger partial charge in [-0.05, 0) is 46.9 Å². The lowest BCUT2D eigenvalue weighted by molar-refractivity contribution is 0.878. The molecule has 1 aromatic heterocycles. The van der Waals surface area contributed by atoms with Crippen LogP contribution in [0.5, 0.6) is 0 Å². The number of nitrogens with zero attached hydrogens (tertiary/aromatic N) is 2. The lowest BCUT2D eigenvalue weighted by Gasteiger charge is -2.20. The molecule has 0 saturated heterocycles. The van der Waals surface area contributed by atoms with Gasteiger partial charge in [0.25, 0.3) is 0 Å². The molecule has 0 radical (unpaired) electrons. The second kappa shape index (κ2) is 4.82. The van der Waals surface area contributed by atoms with Crippen LogP contribution in [0.15, 0.2) is 72.9 Å². The average molecular weight is 296 g/mol. The van der Waals surface area contributed by atoms with Crippen molar-refractivity contribution < 1.29 is 0 Å². The number of rotatable bonds is 1. The molecule has 0 amide bonds. The molecule has 3 aromatic carbocycles. The standard InChI is InChI=1S/C21H16N2/c1-2-7-17(8-3-1)23-21-16(14-22-23)11-12-19-18-9-5-4-6-15(18)10-13-20(19)21/h1-10,13-14H,11-12H2. The quantitative estimate of drug-likeness (QED) is 0.494. The van der Waals surface area contributed by atoms with Gasteiger partial charge in [0.15, 0.2) is 0 Å². The Kier molecular flexibility index (Phi) is 2.65. The van der Waals surface area contributed by atoms with E-state index in [1.807, 2.05) is 12.3 Å². The minimum atomic E-state index is 1.06. The van der Waals surface area contributed by atoms with Crippen molar-refractivity contribution in [2.24, 2.45) is 0 Å². The molecule has 5 rings (SSSR count). The Hall–Kier alpha value is -2.87. The fourth-order valence-corrected chi connectivity index (χ4v) is 3.70. The van der Waals surface area contributed by atoms with Gasteiger partial charge in [0.05, 0.1) is 17.6 Å². The highest BCUT2D eigenvalue weighted by atomic mass is 15.3. The summed E-state index contributed by atoms with van der Waals surface area (Å²) >= 11 is 0. The third-order valence-corrected chi connectivity index (χ3v) is 4.79. The lowest BCUT2D eigenvalue weighted by Crippen LogP contribution is -2.07. The Morgan fingerprint density at radius 2 is 1.61 bits per heavy atom. The van der Waals surface area contributed by atoms with E-state index in [0.717, 1.165) is 18.5 Å². The molecule has 0 saturated carbocycles. The van der Waals surface area contributed by atoms with E-state index in [9.17, 15) is 0 Å². The maximum Gasteiger partial charge on any atom is 0.0776 e. The van der Waals surface area contributed by atoms with E-state index in [-0.39, 0.29) is 0 Å². The number of aromatic nitrogens is 2. The summed E-state index contributed by atoms with van der Waals surface area (Å²) in [5.74, 6) is 0. The molecule has 0 spiro atoms.